The molecule has 1 N–H and O–H groups in total. The maximum atomic E-state index is 11.1. The summed E-state index contributed by atoms with van der Waals surface area (Å²) in [5, 5.41) is 14.4. The number of aromatic nitrogens is 2. The van der Waals surface area contributed by atoms with Gasteiger partial charge in [0.15, 0.2) is 6.23 Å². The summed E-state index contributed by atoms with van der Waals surface area (Å²) in [4.78, 5) is 11.1. The smallest absolute Gasteiger partial charge is 0.311 e. The molecule has 0 spiro atoms. The van der Waals surface area contributed by atoms with E-state index in [4.69, 9.17) is 9.84 Å². The molecule has 1 aliphatic heterocycles. The lowest BCUT2D eigenvalue weighted by Crippen LogP contribution is -2.23. The molecule has 1 saturated heterocycles. The highest BCUT2D eigenvalue weighted by molar-refractivity contribution is 5.79. The van der Waals surface area contributed by atoms with Gasteiger partial charge in [-0.25, -0.2) is 4.68 Å². The molecular weight excluding hydrogens is 220 g/mol. The van der Waals surface area contributed by atoms with Crippen LogP contribution >= 0.6 is 0 Å². The third-order valence-corrected chi connectivity index (χ3v) is 3.12. The molecule has 2 heterocycles. The minimum Gasteiger partial charge on any atom is -0.481 e. The monoisotopic (exact) mass is 232 g/mol. The first-order valence-corrected chi connectivity index (χ1v) is 5.54. The molecule has 88 valence electrons. The fourth-order valence-electron chi connectivity index (χ4n) is 2.26. The average Bonchev–Trinajstić information content (AvgIpc) is 2.94. The number of para-hydroxylation sites is 1. The predicted molar refractivity (Wildman–Crippen MR) is 60.5 cm³/mol. The van der Waals surface area contributed by atoms with Gasteiger partial charge in [0.05, 0.1) is 18.3 Å². The van der Waals surface area contributed by atoms with Gasteiger partial charge in [0.2, 0.25) is 0 Å². The third-order valence-electron chi connectivity index (χ3n) is 3.12. The molecule has 0 bridgehead atoms. The molecule has 1 aromatic carbocycles. The number of fused-ring (bicyclic) bond motifs is 1. The Labute approximate surface area is 97.6 Å². The second kappa shape index (κ2) is 3.85. The van der Waals surface area contributed by atoms with Crippen LogP contribution in [0.15, 0.2) is 30.5 Å². The molecule has 0 amide bonds. The summed E-state index contributed by atoms with van der Waals surface area (Å²) in [6, 6.07) is 7.70. The van der Waals surface area contributed by atoms with E-state index < -0.39 is 18.1 Å². The molecule has 2 atom stereocenters. The van der Waals surface area contributed by atoms with Crippen LogP contribution in [-0.2, 0) is 9.53 Å². The van der Waals surface area contributed by atoms with Gasteiger partial charge in [0.1, 0.15) is 5.92 Å². The lowest BCUT2D eigenvalue weighted by Gasteiger charge is -2.16. The summed E-state index contributed by atoms with van der Waals surface area (Å²) in [6.07, 6.45) is 1.77. The molecule has 5 nitrogen and oxygen atoms in total. The van der Waals surface area contributed by atoms with Crippen molar-refractivity contribution in [2.45, 2.75) is 12.6 Å². The SMILES string of the molecule is O=C(O)C1CCOC1n1ncc2ccccc21. The molecule has 1 fully saturated rings. The maximum absolute atomic E-state index is 11.1. The second-order valence-corrected chi connectivity index (χ2v) is 4.14. The molecule has 1 aromatic heterocycles. The molecule has 0 radical (unpaired) electrons. The molecule has 1 aliphatic rings. The van der Waals surface area contributed by atoms with Gasteiger partial charge in [0, 0.05) is 5.39 Å². The lowest BCUT2D eigenvalue weighted by atomic mass is 10.1. The summed E-state index contributed by atoms with van der Waals surface area (Å²) < 4.78 is 7.17. The van der Waals surface area contributed by atoms with Crippen LogP contribution in [0.2, 0.25) is 0 Å². The Morgan fingerprint density at radius 3 is 3.12 bits per heavy atom. The highest BCUT2D eigenvalue weighted by Gasteiger charge is 2.36. The summed E-state index contributed by atoms with van der Waals surface area (Å²) in [5.74, 6) is -1.34. The van der Waals surface area contributed by atoms with Crippen LogP contribution < -0.4 is 0 Å². The van der Waals surface area contributed by atoms with Crippen molar-refractivity contribution in [3.63, 3.8) is 0 Å². The van der Waals surface area contributed by atoms with E-state index >= 15 is 0 Å². The summed E-state index contributed by atoms with van der Waals surface area (Å²) >= 11 is 0. The summed E-state index contributed by atoms with van der Waals surface area (Å²) in [7, 11) is 0. The van der Waals surface area contributed by atoms with Gasteiger partial charge in [-0.2, -0.15) is 5.10 Å². The molecule has 17 heavy (non-hydrogen) atoms. The van der Waals surface area contributed by atoms with Crippen LogP contribution in [0.4, 0.5) is 0 Å². The number of rotatable bonds is 2. The van der Waals surface area contributed by atoms with Crippen molar-refractivity contribution >= 4 is 16.9 Å². The van der Waals surface area contributed by atoms with Crippen molar-refractivity contribution < 1.29 is 14.6 Å². The van der Waals surface area contributed by atoms with E-state index in [-0.39, 0.29) is 0 Å². The predicted octanol–water partition coefficient (Wildman–Crippen LogP) is 1.66. The number of ether oxygens (including phenoxy) is 1. The largest absolute Gasteiger partial charge is 0.481 e. The number of carbonyl (C=O) groups is 1. The van der Waals surface area contributed by atoms with Crippen LogP contribution in [0.5, 0.6) is 0 Å². The van der Waals surface area contributed by atoms with Gasteiger partial charge >= 0.3 is 5.97 Å². The van der Waals surface area contributed by atoms with E-state index in [2.05, 4.69) is 5.10 Å². The summed E-state index contributed by atoms with van der Waals surface area (Å²) in [6.45, 7) is 0.468. The fraction of sp³-hybridized carbons (Fsp3) is 0.333. The van der Waals surface area contributed by atoms with Gasteiger partial charge in [-0.3, -0.25) is 4.79 Å². The quantitative estimate of drug-likeness (QED) is 0.855. The minimum atomic E-state index is -0.827. The topological polar surface area (TPSA) is 64.3 Å². The normalized spacial score (nSPS) is 24.2. The lowest BCUT2D eigenvalue weighted by molar-refractivity contribution is -0.145. The Balaban J connectivity index is 2.06. The van der Waals surface area contributed by atoms with Gasteiger partial charge in [-0.15, -0.1) is 0 Å². The van der Waals surface area contributed by atoms with Crippen molar-refractivity contribution in [3.05, 3.63) is 30.5 Å². The van der Waals surface area contributed by atoms with Crippen LogP contribution in [0, 0.1) is 5.92 Å². The zero-order valence-corrected chi connectivity index (χ0v) is 9.11. The Hall–Kier alpha value is -1.88. The molecule has 0 saturated carbocycles. The molecule has 2 aromatic rings. The molecule has 5 heteroatoms. The first kappa shape index (κ1) is 10.3. The fourth-order valence-corrected chi connectivity index (χ4v) is 2.26. The maximum Gasteiger partial charge on any atom is 0.311 e. The summed E-state index contributed by atoms with van der Waals surface area (Å²) in [5.41, 5.74) is 0.908. The molecular formula is C12H12N2O3. The number of hydrogen-bond donors (Lipinski definition) is 1. The van der Waals surface area contributed by atoms with E-state index in [0.29, 0.717) is 13.0 Å². The zero-order chi connectivity index (χ0) is 11.8. The van der Waals surface area contributed by atoms with E-state index in [1.807, 2.05) is 24.3 Å². The van der Waals surface area contributed by atoms with Crippen LogP contribution in [-0.4, -0.2) is 27.5 Å². The van der Waals surface area contributed by atoms with E-state index in [9.17, 15) is 4.79 Å². The van der Waals surface area contributed by atoms with Crippen molar-refractivity contribution in [2.24, 2.45) is 5.92 Å². The van der Waals surface area contributed by atoms with Crippen molar-refractivity contribution in [2.75, 3.05) is 6.61 Å². The number of benzene rings is 1. The Morgan fingerprint density at radius 1 is 1.47 bits per heavy atom. The van der Waals surface area contributed by atoms with E-state index in [1.165, 1.54) is 0 Å². The van der Waals surface area contributed by atoms with Crippen LogP contribution in [0.1, 0.15) is 12.6 Å². The third kappa shape index (κ3) is 1.59. The number of aliphatic carboxylic acids is 1. The van der Waals surface area contributed by atoms with Gasteiger partial charge in [0.25, 0.3) is 0 Å². The van der Waals surface area contributed by atoms with Crippen LogP contribution in [0.25, 0.3) is 10.9 Å². The Kier molecular flexibility index (Phi) is 2.33. The van der Waals surface area contributed by atoms with Gasteiger partial charge in [-0.1, -0.05) is 18.2 Å². The first-order valence-electron chi connectivity index (χ1n) is 5.54. The number of hydrogen-bond acceptors (Lipinski definition) is 3. The Morgan fingerprint density at radius 2 is 2.29 bits per heavy atom. The zero-order valence-electron chi connectivity index (χ0n) is 9.11. The second-order valence-electron chi connectivity index (χ2n) is 4.14. The first-order chi connectivity index (χ1) is 8.27. The molecule has 3 rings (SSSR count). The van der Waals surface area contributed by atoms with Gasteiger partial charge < -0.3 is 9.84 Å². The van der Waals surface area contributed by atoms with Gasteiger partial charge in [-0.05, 0) is 12.5 Å². The minimum absolute atomic E-state index is 0.468. The van der Waals surface area contributed by atoms with E-state index in [1.54, 1.807) is 10.9 Å². The number of carboxylic acids is 1. The highest BCUT2D eigenvalue weighted by atomic mass is 16.5. The number of nitrogens with zero attached hydrogens (tertiary/aromatic N) is 2. The van der Waals surface area contributed by atoms with Crippen molar-refractivity contribution in [1.29, 1.82) is 0 Å². The molecule has 2 unspecified atom stereocenters. The molecule has 0 aliphatic carbocycles. The standard InChI is InChI=1S/C12H12N2O3/c15-12(16)9-5-6-17-11(9)14-10-4-2-1-3-8(10)7-13-14/h1-4,7,9,11H,5-6H2,(H,15,16). The van der Waals surface area contributed by atoms with Crippen molar-refractivity contribution in [1.82, 2.24) is 9.78 Å². The highest BCUT2D eigenvalue weighted by Crippen LogP contribution is 2.32. The average molecular weight is 232 g/mol. The van der Waals surface area contributed by atoms with E-state index in [0.717, 1.165) is 10.9 Å². The van der Waals surface area contributed by atoms with Crippen LogP contribution in [0.3, 0.4) is 0 Å². The van der Waals surface area contributed by atoms with Crippen molar-refractivity contribution in [3.8, 4) is 0 Å². The Bertz CT molecular complexity index is 564. The number of carboxylic acid groups (broad SMARTS) is 1.